The maximum atomic E-state index is 12.6. The second-order valence-electron chi connectivity index (χ2n) is 5.10. The molecule has 0 bridgehead atoms. The molecule has 104 valence electrons. The largest absolute Gasteiger partial charge is 0.389 e. The highest BCUT2D eigenvalue weighted by molar-refractivity contribution is 7.89. The molecule has 2 N–H and O–H groups in total. The molecule has 1 saturated heterocycles. The van der Waals surface area contributed by atoms with E-state index in [9.17, 15) is 8.42 Å². The van der Waals surface area contributed by atoms with Crippen molar-refractivity contribution in [3.8, 4) is 0 Å². The summed E-state index contributed by atoms with van der Waals surface area (Å²) in [6.07, 6.45) is 0.910. The van der Waals surface area contributed by atoms with Crippen molar-refractivity contribution in [2.75, 3.05) is 13.1 Å². The number of sulfonamides is 1. The molecule has 1 heterocycles. The lowest BCUT2D eigenvalue weighted by atomic mass is 10.1. The van der Waals surface area contributed by atoms with Crippen molar-refractivity contribution < 1.29 is 8.42 Å². The first-order valence-corrected chi connectivity index (χ1v) is 8.08. The lowest BCUT2D eigenvalue weighted by Crippen LogP contribution is -2.29. The Morgan fingerprint density at radius 1 is 1.47 bits per heavy atom. The number of nitrogens with two attached hydrogens (primary N) is 1. The van der Waals surface area contributed by atoms with E-state index >= 15 is 0 Å². The van der Waals surface area contributed by atoms with E-state index in [2.05, 4.69) is 6.92 Å². The fourth-order valence-corrected chi connectivity index (χ4v) is 4.24. The third-order valence-electron chi connectivity index (χ3n) is 3.48. The molecule has 0 aromatic heterocycles. The van der Waals surface area contributed by atoms with Crippen molar-refractivity contribution in [2.45, 2.75) is 25.2 Å². The molecule has 19 heavy (non-hydrogen) atoms. The van der Waals surface area contributed by atoms with Crippen LogP contribution in [0.1, 0.15) is 24.5 Å². The zero-order valence-corrected chi connectivity index (χ0v) is 12.7. The van der Waals surface area contributed by atoms with Crippen molar-refractivity contribution in [1.29, 1.82) is 0 Å². The second-order valence-corrected chi connectivity index (χ2v) is 7.45. The highest BCUT2D eigenvalue weighted by atomic mass is 32.2. The molecule has 1 aliphatic rings. The van der Waals surface area contributed by atoms with Crippen LogP contribution >= 0.6 is 12.2 Å². The van der Waals surface area contributed by atoms with E-state index in [1.165, 1.54) is 0 Å². The van der Waals surface area contributed by atoms with Crippen LogP contribution in [0.2, 0.25) is 0 Å². The SMILES string of the molecule is Cc1ccc(C(N)=S)cc1S(=O)(=O)N1CCC(C)C1. The minimum absolute atomic E-state index is 0.214. The molecule has 1 fully saturated rings. The number of rotatable bonds is 3. The Kier molecular flexibility index (Phi) is 3.94. The quantitative estimate of drug-likeness (QED) is 0.862. The van der Waals surface area contributed by atoms with Crippen molar-refractivity contribution in [2.24, 2.45) is 11.7 Å². The van der Waals surface area contributed by atoms with Crippen LogP contribution < -0.4 is 5.73 Å². The summed E-state index contributed by atoms with van der Waals surface area (Å²) in [5, 5.41) is 0. The van der Waals surface area contributed by atoms with Crippen LogP contribution in [0, 0.1) is 12.8 Å². The van der Waals surface area contributed by atoms with Crippen LogP contribution in [0.15, 0.2) is 23.1 Å². The Morgan fingerprint density at radius 3 is 2.68 bits per heavy atom. The van der Waals surface area contributed by atoms with Gasteiger partial charge in [-0.25, -0.2) is 8.42 Å². The average Bonchev–Trinajstić information content (AvgIpc) is 2.76. The smallest absolute Gasteiger partial charge is 0.243 e. The molecule has 1 unspecified atom stereocenters. The Hall–Kier alpha value is -0.980. The molecular formula is C13H18N2O2S2. The molecule has 0 amide bonds. The number of hydrogen-bond donors (Lipinski definition) is 1. The van der Waals surface area contributed by atoms with Gasteiger partial charge in [-0.3, -0.25) is 0 Å². The van der Waals surface area contributed by atoms with E-state index in [0.717, 1.165) is 12.0 Å². The van der Waals surface area contributed by atoms with E-state index in [1.54, 1.807) is 29.4 Å². The molecule has 6 heteroatoms. The number of nitrogens with zero attached hydrogens (tertiary/aromatic N) is 1. The van der Waals surface area contributed by atoms with Crippen LogP contribution in [0.3, 0.4) is 0 Å². The number of thiocarbonyl (C=S) groups is 1. The molecule has 0 spiro atoms. The zero-order valence-electron chi connectivity index (χ0n) is 11.1. The predicted octanol–water partition coefficient (Wildman–Crippen LogP) is 1.66. The molecule has 1 aliphatic heterocycles. The van der Waals surface area contributed by atoms with Gasteiger partial charge in [0.1, 0.15) is 4.99 Å². The van der Waals surface area contributed by atoms with Gasteiger partial charge in [0.15, 0.2) is 0 Å². The van der Waals surface area contributed by atoms with Crippen LogP contribution in [-0.2, 0) is 10.0 Å². The molecule has 0 saturated carbocycles. The Labute approximate surface area is 119 Å². The Bertz CT molecular complexity index is 611. The predicted molar refractivity (Wildman–Crippen MR) is 79.6 cm³/mol. The summed E-state index contributed by atoms with van der Waals surface area (Å²) in [6.45, 7) is 5.02. The van der Waals surface area contributed by atoms with Gasteiger partial charge >= 0.3 is 0 Å². The third-order valence-corrected chi connectivity index (χ3v) is 5.72. The molecule has 4 nitrogen and oxygen atoms in total. The normalized spacial score (nSPS) is 20.6. The van der Waals surface area contributed by atoms with Crippen molar-refractivity contribution in [1.82, 2.24) is 4.31 Å². The van der Waals surface area contributed by atoms with Crippen molar-refractivity contribution in [3.63, 3.8) is 0 Å². The van der Waals surface area contributed by atoms with Gasteiger partial charge in [0.2, 0.25) is 10.0 Å². The van der Waals surface area contributed by atoms with Gasteiger partial charge in [-0.15, -0.1) is 0 Å². The topological polar surface area (TPSA) is 63.4 Å². The number of benzene rings is 1. The summed E-state index contributed by atoms with van der Waals surface area (Å²) in [6, 6.07) is 5.08. The second kappa shape index (κ2) is 5.19. The van der Waals surface area contributed by atoms with E-state index < -0.39 is 10.0 Å². The molecule has 1 atom stereocenters. The first-order valence-electron chi connectivity index (χ1n) is 6.23. The number of aryl methyl sites for hydroxylation is 1. The van der Waals surface area contributed by atoms with E-state index in [0.29, 0.717) is 29.5 Å². The summed E-state index contributed by atoms with van der Waals surface area (Å²) >= 11 is 4.91. The maximum absolute atomic E-state index is 12.6. The zero-order chi connectivity index (χ0) is 14.2. The minimum atomic E-state index is -3.44. The average molecular weight is 298 g/mol. The van der Waals surface area contributed by atoms with Gasteiger partial charge in [-0.2, -0.15) is 4.31 Å². The summed E-state index contributed by atoms with van der Waals surface area (Å²) in [5.74, 6) is 0.411. The number of hydrogen-bond acceptors (Lipinski definition) is 3. The third kappa shape index (κ3) is 2.80. The molecular weight excluding hydrogens is 280 g/mol. The molecule has 2 rings (SSSR count). The van der Waals surface area contributed by atoms with Crippen molar-refractivity contribution >= 4 is 27.2 Å². The monoisotopic (exact) mass is 298 g/mol. The summed E-state index contributed by atoms with van der Waals surface area (Å²) < 4.78 is 26.8. The molecule has 1 aromatic rings. The van der Waals surface area contributed by atoms with Crippen molar-refractivity contribution in [3.05, 3.63) is 29.3 Å². The van der Waals surface area contributed by atoms with E-state index in [1.807, 2.05) is 0 Å². The fourth-order valence-electron chi connectivity index (χ4n) is 2.28. The standard InChI is InChI=1S/C13H18N2O2S2/c1-9-5-6-15(8-9)19(16,17)12-7-11(13(14)18)4-3-10(12)2/h3-4,7,9H,5-6,8H2,1-2H3,(H2,14,18). The van der Waals surface area contributed by atoms with Gasteiger partial charge < -0.3 is 5.73 Å². The minimum Gasteiger partial charge on any atom is -0.389 e. The molecule has 0 aliphatic carbocycles. The van der Waals surface area contributed by atoms with Gasteiger partial charge in [0.25, 0.3) is 0 Å². The van der Waals surface area contributed by atoms with Crippen LogP contribution in [0.25, 0.3) is 0 Å². The highest BCUT2D eigenvalue weighted by Gasteiger charge is 2.31. The summed E-state index contributed by atoms with van der Waals surface area (Å²) in [7, 11) is -3.44. The maximum Gasteiger partial charge on any atom is 0.243 e. The lowest BCUT2D eigenvalue weighted by molar-refractivity contribution is 0.464. The first-order chi connectivity index (χ1) is 8.82. The van der Waals surface area contributed by atoms with Crippen LogP contribution in [0.4, 0.5) is 0 Å². The highest BCUT2D eigenvalue weighted by Crippen LogP contribution is 2.26. The molecule has 0 radical (unpaired) electrons. The fraction of sp³-hybridized carbons (Fsp3) is 0.462. The van der Waals surface area contributed by atoms with Gasteiger partial charge in [0.05, 0.1) is 4.90 Å². The lowest BCUT2D eigenvalue weighted by Gasteiger charge is -2.18. The molecule has 1 aromatic carbocycles. The van der Waals surface area contributed by atoms with Crippen LogP contribution in [-0.4, -0.2) is 30.8 Å². The Morgan fingerprint density at radius 2 is 2.16 bits per heavy atom. The van der Waals surface area contributed by atoms with E-state index in [-0.39, 0.29) is 4.99 Å². The first kappa shape index (κ1) is 14.4. The van der Waals surface area contributed by atoms with Gasteiger partial charge in [-0.05, 0) is 30.9 Å². The summed E-state index contributed by atoms with van der Waals surface area (Å²) in [4.78, 5) is 0.526. The van der Waals surface area contributed by atoms with Crippen LogP contribution in [0.5, 0.6) is 0 Å². The van der Waals surface area contributed by atoms with Gasteiger partial charge in [-0.1, -0.05) is 31.3 Å². The van der Waals surface area contributed by atoms with E-state index in [4.69, 9.17) is 18.0 Å². The summed E-state index contributed by atoms with van der Waals surface area (Å²) in [5.41, 5.74) is 6.89. The Balaban J connectivity index is 2.45. The van der Waals surface area contributed by atoms with Gasteiger partial charge in [0, 0.05) is 18.7 Å².